The summed E-state index contributed by atoms with van der Waals surface area (Å²) in [4.78, 5) is 22.0. The Labute approximate surface area is 137 Å². The summed E-state index contributed by atoms with van der Waals surface area (Å²) in [6.45, 7) is 0. The predicted molar refractivity (Wildman–Crippen MR) is 87.2 cm³/mol. The molecule has 8 heteroatoms. The van der Waals surface area contributed by atoms with Crippen LogP contribution in [0.3, 0.4) is 0 Å². The van der Waals surface area contributed by atoms with Crippen molar-refractivity contribution >= 4 is 17.8 Å². The summed E-state index contributed by atoms with van der Waals surface area (Å²) in [5.41, 5.74) is 2.92. The van der Waals surface area contributed by atoms with Crippen LogP contribution in [0.15, 0.2) is 47.6 Å². The van der Waals surface area contributed by atoms with Crippen molar-refractivity contribution in [3.8, 4) is 11.5 Å². The average Bonchev–Trinajstić information content (AvgIpc) is 2.57. The highest BCUT2D eigenvalue weighted by Crippen LogP contribution is 2.33. The minimum absolute atomic E-state index is 0.0544. The first kappa shape index (κ1) is 16.9. The van der Waals surface area contributed by atoms with Crippen molar-refractivity contribution in [3.63, 3.8) is 0 Å². The molecule has 0 aromatic heterocycles. The smallest absolute Gasteiger partial charge is 0.274 e. The molecule has 0 aliphatic heterocycles. The van der Waals surface area contributed by atoms with E-state index >= 15 is 0 Å². The van der Waals surface area contributed by atoms with Gasteiger partial charge in [0.15, 0.2) is 11.5 Å². The molecular formula is C16H15N3O5. The number of nitrogens with one attached hydrogen (secondary N) is 1. The number of amides is 1. The van der Waals surface area contributed by atoms with Gasteiger partial charge in [0, 0.05) is 11.6 Å². The van der Waals surface area contributed by atoms with Gasteiger partial charge in [0.1, 0.15) is 0 Å². The van der Waals surface area contributed by atoms with E-state index in [1.807, 2.05) is 18.2 Å². The van der Waals surface area contributed by atoms with E-state index in [-0.39, 0.29) is 35.1 Å². The fraction of sp³-hybridized carbons (Fsp3) is 0.125. The molecule has 0 bridgehead atoms. The molecule has 0 heterocycles. The van der Waals surface area contributed by atoms with Gasteiger partial charge in [-0.3, -0.25) is 14.9 Å². The summed E-state index contributed by atoms with van der Waals surface area (Å²) >= 11 is 0. The number of benzene rings is 2. The van der Waals surface area contributed by atoms with Gasteiger partial charge < -0.3 is 9.84 Å². The van der Waals surface area contributed by atoms with Crippen molar-refractivity contribution in [2.75, 3.05) is 7.11 Å². The van der Waals surface area contributed by atoms with Crippen molar-refractivity contribution in [2.24, 2.45) is 5.10 Å². The molecule has 0 fully saturated rings. The number of carbonyl (C=O) groups excluding carboxylic acids is 1. The lowest BCUT2D eigenvalue weighted by molar-refractivity contribution is -0.385. The largest absolute Gasteiger partial charge is 0.504 e. The SMILES string of the molecule is COc1cc([N+](=O)[O-])cc(/C=N/NC(=O)Cc2ccccc2)c1O. The van der Waals surface area contributed by atoms with Gasteiger partial charge in [-0.15, -0.1) is 0 Å². The molecule has 0 unspecified atom stereocenters. The molecule has 0 radical (unpaired) electrons. The molecule has 0 spiro atoms. The number of hydrazone groups is 1. The number of nitro benzene ring substituents is 1. The summed E-state index contributed by atoms with van der Waals surface area (Å²) in [6, 6.07) is 11.3. The van der Waals surface area contributed by atoms with Crippen LogP contribution in [0.25, 0.3) is 0 Å². The monoisotopic (exact) mass is 329 g/mol. The summed E-state index contributed by atoms with van der Waals surface area (Å²) in [5, 5.41) is 24.5. The summed E-state index contributed by atoms with van der Waals surface area (Å²) in [5.74, 6) is -0.709. The van der Waals surface area contributed by atoms with Crippen LogP contribution in [0.2, 0.25) is 0 Å². The molecule has 8 nitrogen and oxygen atoms in total. The molecule has 0 aliphatic rings. The Bertz CT molecular complexity index is 775. The first-order chi connectivity index (χ1) is 11.5. The average molecular weight is 329 g/mol. The van der Waals surface area contributed by atoms with Crippen LogP contribution in [-0.2, 0) is 11.2 Å². The number of non-ortho nitro benzene ring substituents is 1. The van der Waals surface area contributed by atoms with E-state index in [1.165, 1.54) is 7.11 Å². The van der Waals surface area contributed by atoms with Crippen molar-refractivity contribution in [1.29, 1.82) is 0 Å². The fourth-order valence-electron chi connectivity index (χ4n) is 1.97. The zero-order valence-corrected chi connectivity index (χ0v) is 12.8. The third kappa shape index (κ3) is 4.29. The molecule has 0 saturated heterocycles. The molecule has 2 N–H and O–H groups in total. The first-order valence-corrected chi connectivity index (χ1v) is 6.92. The first-order valence-electron chi connectivity index (χ1n) is 6.92. The molecule has 0 aliphatic carbocycles. The third-order valence-electron chi connectivity index (χ3n) is 3.12. The number of hydrogen-bond acceptors (Lipinski definition) is 6. The van der Waals surface area contributed by atoms with E-state index in [0.29, 0.717) is 0 Å². The van der Waals surface area contributed by atoms with Gasteiger partial charge in [0.2, 0.25) is 5.91 Å². The van der Waals surface area contributed by atoms with Crippen LogP contribution in [0, 0.1) is 10.1 Å². The molecule has 124 valence electrons. The van der Waals surface area contributed by atoms with Gasteiger partial charge in [-0.05, 0) is 5.56 Å². The number of rotatable bonds is 6. The number of aromatic hydroxyl groups is 1. The maximum atomic E-state index is 11.8. The molecular weight excluding hydrogens is 314 g/mol. The summed E-state index contributed by atoms with van der Waals surface area (Å²) in [6.07, 6.45) is 1.26. The van der Waals surface area contributed by atoms with Crippen LogP contribution in [-0.4, -0.2) is 29.3 Å². The number of nitrogens with zero attached hydrogens (tertiary/aromatic N) is 2. The summed E-state index contributed by atoms with van der Waals surface area (Å²) < 4.78 is 4.88. The van der Waals surface area contributed by atoms with E-state index in [1.54, 1.807) is 12.1 Å². The normalized spacial score (nSPS) is 10.5. The highest BCUT2D eigenvalue weighted by atomic mass is 16.6. The number of carbonyl (C=O) groups is 1. The van der Waals surface area contributed by atoms with Crippen molar-refractivity contribution in [3.05, 3.63) is 63.7 Å². The van der Waals surface area contributed by atoms with E-state index in [0.717, 1.165) is 23.9 Å². The Morgan fingerprint density at radius 2 is 2.08 bits per heavy atom. The number of phenols is 1. The van der Waals surface area contributed by atoms with Crippen LogP contribution < -0.4 is 10.2 Å². The van der Waals surface area contributed by atoms with E-state index in [4.69, 9.17) is 4.74 Å². The second-order valence-corrected chi connectivity index (χ2v) is 4.80. The zero-order chi connectivity index (χ0) is 17.5. The zero-order valence-electron chi connectivity index (χ0n) is 12.8. The minimum atomic E-state index is -0.618. The maximum absolute atomic E-state index is 11.8. The van der Waals surface area contributed by atoms with Crippen LogP contribution in [0.5, 0.6) is 11.5 Å². The second kappa shape index (κ2) is 7.73. The van der Waals surface area contributed by atoms with Gasteiger partial charge in [0.25, 0.3) is 5.69 Å². The maximum Gasteiger partial charge on any atom is 0.274 e. The van der Waals surface area contributed by atoms with Gasteiger partial charge in [0.05, 0.1) is 30.7 Å². The van der Waals surface area contributed by atoms with Gasteiger partial charge in [-0.25, -0.2) is 5.43 Å². The number of hydrogen-bond donors (Lipinski definition) is 2. The number of methoxy groups -OCH3 is 1. The lowest BCUT2D eigenvalue weighted by atomic mass is 10.1. The second-order valence-electron chi connectivity index (χ2n) is 4.80. The van der Waals surface area contributed by atoms with Crippen LogP contribution >= 0.6 is 0 Å². The minimum Gasteiger partial charge on any atom is -0.504 e. The molecule has 0 saturated carbocycles. The Morgan fingerprint density at radius 1 is 1.38 bits per heavy atom. The van der Waals surface area contributed by atoms with E-state index in [2.05, 4.69) is 10.5 Å². The van der Waals surface area contributed by atoms with Gasteiger partial charge in [-0.1, -0.05) is 30.3 Å². The Hall–Kier alpha value is -3.42. The topological polar surface area (TPSA) is 114 Å². The molecule has 24 heavy (non-hydrogen) atoms. The Kier molecular flexibility index (Phi) is 5.45. The van der Waals surface area contributed by atoms with Gasteiger partial charge in [-0.2, -0.15) is 5.10 Å². The third-order valence-corrected chi connectivity index (χ3v) is 3.12. The van der Waals surface area contributed by atoms with Crippen molar-refractivity contribution in [2.45, 2.75) is 6.42 Å². The fourth-order valence-corrected chi connectivity index (χ4v) is 1.97. The molecule has 2 aromatic rings. The number of ether oxygens (including phenoxy) is 1. The molecule has 0 atom stereocenters. The summed E-state index contributed by atoms with van der Waals surface area (Å²) in [7, 11) is 1.28. The number of phenolic OH excluding ortho intramolecular Hbond substituents is 1. The lowest BCUT2D eigenvalue weighted by Crippen LogP contribution is -2.19. The van der Waals surface area contributed by atoms with Crippen LogP contribution in [0.4, 0.5) is 5.69 Å². The van der Waals surface area contributed by atoms with E-state index in [9.17, 15) is 20.0 Å². The van der Waals surface area contributed by atoms with Gasteiger partial charge >= 0.3 is 0 Å². The lowest BCUT2D eigenvalue weighted by Gasteiger charge is -2.06. The standard InChI is InChI=1S/C16H15N3O5/c1-24-14-9-13(19(22)23)8-12(16(14)21)10-17-18-15(20)7-11-5-3-2-4-6-11/h2-6,8-10,21H,7H2,1H3,(H,18,20)/b17-10+. The Balaban J connectivity index is 2.09. The highest BCUT2D eigenvalue weighted by Gasteiger charge is 2.15. The van der Waals surface area contributed by atoms with Crippen molar-refractivity contribution in [1.82, 2.24) is 5.43 Å². The number of nitro groups is 1. The molecule has 2 aromatic carbocycles. The molecule has 2 rings (SSSR count). The predicted octanol–water partition coefficient (Wildman–Crippen LogP) is 2.00. The van der Waals surface area contributed by atoms with Crippen molar-refractivity contribution < 1.29 is 19.6 Å². The molecule has 1 amide bonds. The van der Waals surface area contributed by atoms with Crippen LogP contribution in [0.1, 0.15) is 11.1 Å². The highest BCUT2D eigenvalue weighted by molar-refractivity contribution is 5.87. The van der Waals surface area contributed by atoms with E-state index < -0.39 is 4.92 Å². The Morgan fingerprint density at radius 3 is 2.71 bits per heavy atom. The quantitative estimate of drug-likeness (QED) is 0.478.